The van der Waals surface area contributed by atoms with Gasteiger partial charge >= 0.3 is 5.97 Å². The maximum absolute atomic E-state index is 12.2. The lowest BCUT2D eigenvalue weighted by atomic mass is 10.2. The van der Waals surface area contributed by atoms with Gasteiger partial charge in [0.1, 0.15) is 0 Å². The van der Waals surface area contributed by atoms with Gasteiger partial charge in [-0.25, -0.2) is 4.79 Å². The summed E-state index contributed by atoms with van der Waals surface area (Å²) in [7, 11) is 0. The Kier molecular flexibility index (Phi) is 5.95. The van der Waals surface area contributed by atoms with Gasteiger partial charge in [-0.1, -0.05) is 19.9 Å². The molecule has 1 aromatic carbocycles. The lowest BCUT2D eigenvalue weighted by Crippen LogP contribution is -2.37. The van der Waals surface area contributed by atoms with Gasteiger partial charge in [-0.05, 0) is 37.5 Å². The molecular weight excluding hydrogens is 308 g/mol. The number of carbonyl (C=O) groups excluding carboxylic acids is 3. The van der Waals surface area contributed by atoms with E-state index in [1.54, 1.807) is 36.1 Å². The third kappa shape index (κ3) is 4.57. The number of esters is 1. The molecule has 0 saturated carbocycles. The summed E-state index contributed by atoms with van der Waals surface area (Å²) < 4.78 is 5.22. The van der Waals surface area contributed by atoms with Crippen molar-refractivity contribution in [2.24, 2.45) is 5.92 Å². The molecule has 130 valence electrons. The first-order valence-electron chi connectivity index (χ1n) is 8.27. The van der Waals surface area contributed by atoms with Crippen LogP contribution in [0, 0.1) is 5.92 Å². The van der Waals surface area contributed by atoms with Gasteiger partial charge in [0.05, 0.1) is 5.56 Å². The number of amides is 2. The molecule has 1 N–H and O–H groups in total. The van der Waals surface area contributed by atoms with Crippen LogP contribution in [0.1, 0.15) is 44.0 Å². The van der Waals surface area contributed by atoms with Crippen molar-refractivity contribution in [2.75, 3.05) is 18.0 Å². The van der Waals surface area contributed by atoms with Gasteiger partial charge in [-0.2, -0.15) is 0 Å². The molecule has 1 aliphatic heterocycles. The van der Waals surface area contributed by atoms with Gasteiger partial charge in [0.2, 0.25) is 5.91 Å². The van der Waals surface area contributed by atoms with E-state index in [4.69, 9.17) is 4.74 Å². The number of nitrogens with one attached hydrogen (secondary N) is 1. The lowest BCUT2D eigenvalue weighted by Gasteiger charge is -2.17. The molecule has 1 aromatic rings. The monoisotopic (exact) mass is 332 g/mol. The number of ether oxygens (including phenoxy) is 1. The molecule has 6 nitrogen and oxygen atoms in total. The molecule has 2 amide bonds. The number of rotatable bonds is 6. The van der Waals surface area contributed by atoms with Crippen molar-refractivity contribution in [3.8, 4) is 0 Å². The van der Waals surface area contributed by atoms with E-state index in [0.29, 0.717) is 36.7 Å². The van der Waals surface area contributed by atoms with Crippen LogP contribution in [0.4, 0.5) is 5.69 Å². The number of carbonyl (C=O) groups is 3. The topological polar surface area (TPSA) is 75.7 Å². The molecule has 1 saturated heterocycles. The fourth-order valence-electron chi connectivity index (χ4n) is 2.45. The number of anilines is 1. The standard InChI is InChI=1S/C18H24N2O4/c1-12(2)11-19-17(22)13(3)24-18(23)14-6-4-7-15(10-14)20-9-5-8-16(20)21/h4,6-7,10,12-13H,5,8-9,11H2,1-3H3,(H,19,22)/t13-/m0/s1. The smallest absolute Gasteiger partial charge is 0.338 e. The van der Waals surface area contributed by atoms with Crippen molar-refractivity contribution in [3.63, 3.8) is 0 Å². The normalized spacial score (nSPS) is 15.5. The van der Waals surface area contributed by atoms with Gasteiger partial charge in [0, 0.05) is 25.2 Å². The van der Waals surface area contributed by atoms with Crippen LogP contribution >= 0.6 is 0 Å². The summed E-state index contributed by atoms with van der Waals surface area (Å²) in [4.78, 5) is 37.6. The van der Waals surface area contributed by atoms with E-state index in [2.05, 4.69) is 5.32 Å². The minimum Gasteiger partial charge on any atom is -0.449 e. The van der Waals surface area contributed by atoms with Crippen LogP contribution in [-0.4, -0.2) is 37.0 Å². The zero-order chi connectivity index (χ0) is 17.7. The van der Waals surface area contributed by atoms with Gasteiger partial charge in [-0.3, -0.25) is 9.59 Å². The van der Waals surface area contributed by atoms with Crippen molar-refractivity contribution in [1.29, 1.82) is 0 Å². The highest BCUT2D eigenvalue weighted by molar-refractivity contribution is 5.98. The second-order valence-electron chi connectivity index (χ2n) is 6.39. The third-order valence-corrected chi connectivity index (χ3v) is 3.80. The van der Waals surface area contributed by atoms with E-state index in [0.717, 1.165) is 6.42 Å². The average molecular weight is 332 g/mol. The molecule has 2 rings (SSSR count). The van der Waals surface area contributed by atoms with Gasteiger partial charge < -0.3 is 15.0 Å². The van der Waals surface area contributed by atoms with E-state index in [1.807, 2.05) is 13.8 Å². The number of nitrogens with zero attached hydrogens (tertiary/aromatic N) is 1. The predicted molar refractivity (Wildman–Crippen MR) is 90.8 cm³/mol. The molecule has 6 heteroatoms. The summed E-state index contributed by atoms with van der Waals surface area (Å²) in [6, 6.07) is 6.75. The number of hydrogen-bond donors (Lipinski definition) is 1. The molecular formula is C18H24N2O4. The minimum absolute atomic E-state index is 0.0574. The second-order valence-corrected chi connectivity index (χ2v) is 6.39. The Labute approximate surface area is 142 Å². The van der Waals surface area contributed by atoms with Crippen molar-refractivity contribution >= 4 is 23.5 Å². The van der Waals surface area contributed by atoms with E-state index in [-0.39, 0.29) is 11.8 Å². The van der Waals surface area contributed by atoms with Crippen LogP contribution < -0.4 is 10.2 Å². The van der Waals surface area contributed by atoms with E-state index in [9.17, 15) is 14.4 Å². The number of hydrogen-bond acceptors (Lipinski definition) is 4. The first-order chi connectivity index (χ1) is 11.4. The van der Waals surface area contributed by atoms with E-state index < -0.39 is 12.1 Å². The Morgan fingerprint density at radius 3 is 2.67 bits per heavy atom. The maximum Gasteiger partial charge on any atom is 0.338 e. The summed E-state index contributed by atoms with van der Waals surface area (Å²) in [5, 5.41) is 2.73. The van der Waals surface area contributed by atoms with Crippen LogP contribution in [0.5, 0.6) is 0 Å². The first-order valence-corrected chi connectivity index (χ1v) is 8.27. The molecule has 0 aromatic heterocycles. The summed E-state index contributed by atoms with van der Waals surface area (Å²) in [6.45, 7) is 6.71. The van der Waals surface area contributed by atoms with Crippen LogP contribution in [0.15, 0.2) is 24.3 Å². The quantitative estimate of drug-likeness (QED) is 0.810. The minimum atomic E-state index is -0.867. The SMILES string of the molecule is CC(C)CNC(=O)[C@H](C)OC(=O)c1cccc(N2CCCC2=O)c1. The lowest BCUT2D eigenvalue weighted by molar-refractivity contribution is -0.129. The van der Waals surface area contributed by atoms with Gasteiger partial charge in [0.25, 0.3) is 5.91 Å². The second kappa shape index (κ2) is 7.95. The molecule has 0 unspecified atom stereocenters. The molecule has 24 heavy (non-hydrogen) atoms. The van der Waals surface area contributed by atoms with E-state index >= 15 is 0 Å². The van der Waals surface area contributed by atoms with E-state index in [1.165, 1.54) is 0 Å². The average Bonchev–Trinajstić information content (AvgIpc) is 2.98. The van der Waals surface area contributed by atoms with Crippen LogP contribution in [0.2, 0.25) is 0 Å². The summed E-state index contributed by atoms with van der Waals surface area (Å²) >= 11 is 0. The fourth-order valence-corrected chi connectivity index (χ4v) is 2.45. The van der Waals surface area contributed by atoms with Gasteiger partial charge in [0.15, 0.2) is 6.10 Å². The first kappa shape index (κ1) is 18.0. The highest BCUT2D eigenvalue weighted by Gasteiger charge is 2.23. The third-order valence-electron chi connectivity index (χ3n) is 3.80. The molecule has 1 fully saturated rings. The fraction of sp³-hybridized carbons (Fsp3) is 0.500. The van der Waals surface area contributed by atoms with Gasteiger partial charge in [-0.15, -0.1) is 0 Å². The highest BCUT2D eigenvalue weighted by Crippen LogP contribution is 2.22. The Balaban J connectivity index is 1.99. The zero-order valence-corrected chi connectivity index (χ0v) is 14.4. The van der Waals surface area contributed by atoms with Crippen LogP contribution in [0.3, 0.4) is 0 Å². The Morgan fingerprint density at radius 2 is 2.04 bits per heavy atom. The maximum atomic E-state index is 12.2. The van der Waals surface area contributed by atoms with Crippen molar-refractivity contribution in [3.05, 3.63) is 29.8 Å². The molecule has 0 bridgehead atoms. The van der Waals surface area contributed by atoms with Crippen molar-refractivity contribution < 1.29 is 19.1 Å². The van der Waals surface area contributed by atoms with Crippen LogP contribution in [0.25, 0.3) is 0 Å². The molecule has 1 atom stereocenters. The predicted octanol–water partition coefficient (Wildman–Crippen LogP) is 2.13. The van der Waals surface area contributed by atoms with Crippen molar-refractivity contribution in [2.45, 2.75) is 39.7 Å². The number of benzene rings is 1. The molecule has 0 spiro atoms. The summed E-state index contributed by atoms with van der Waals surface area (Å²) in [5.74, 6) is -0.507. The molecule has 0 radical (unpaired) electrons. The Bertz CT molecular complexity index is 627. The molecule has 1 aliphatic rings. The largest absolute Gasteiger partial charge is 0.449 e. The Hall–Kier alpha value is -2.37. The molecule has 1 heterocycles. The zero-order valence-electron chi connectivity index (χ0n) is 14.4. The Morgan fingerprint density at radius 1 is 1.29 bits per heavy atom. The van der Waals surface area contributed by atoms with Crippen LogP contribution in [-0.2, 0) is 14.3 Å². The highest BCUT2D eigenvalue weighted by atomic mass is 16.5. The van der Waals surface area contributed by atoms with Crippen molar-refractivity contribution in [1.82, 2.24) is 5.32 Å². The summed E-state index contributed by atoms with van der Waals surface area (Å²) in [5.41, 5.74) is 1.01. The summed E-state index contributed by atoms with van der Waals surface area (Å²) in [6.07, 6.45) is 0.482. The molecule has 0 aliphatic carbocycles.